The number of fused-ring (bicyclic) bond motifs is 2. The summed E-state index contributed by atoms with van der Waals surface area (Å²) < 4.78 is 5.30. The molecule has 2 aromatic carbocycles. The highest BCUT2D eigenvalue weighted by atomic mass is 27.0. The van der Waals surface area contributed by atoms with Crippen LogP contribution in [0.3, 0.4) is 0 Å². The molecule has 0 bridgehead atoms. The molecule has 1 aliphatic heterocycles. The number of aromatic carboxylic acids is 1. The number of hydrogen-bond acceptors (Lipinski definition) is 12. The Balaban J connectivity index is 0.00000361. The van der Waals surface area contributed by atoms with Gasteiger partial charge in [0.1, 0.15) is 47.6 Å². The van der Waals surface area contributed by atoms with E-state index >= 15 is 0 Å². The molecule has 0 aromatic heterocycles. The average Bonchev–Trinajstić information content (AvgIpc) is 2.79. The molecule has 0 unspecified atom stereocenters. The molecule has 0 saturated carbocycles. The summed E-state index contributed by atoms with van der Waals surface area (Å²) in [6, 6.07) is 0.716. The summed E-state index contributed by atoms with van der Waals surface area (Å²) in [5, 5.41) is 91.5. The van der Waals surface area contributed by atoms with Crippen molar-refractivity contribution in [2.24, 2.45) is 0 Å². The van der Waals surface area contributed by atoms with Crippen LogP contribution in [0.15, 0.2) is 6.07 Å². The van der Waals surface area contributed by atoms with Crippen LogP contribution in [0.1, 0.15) is 59.4 Å². The van der Waals surface area contributed by atoms with Crippen molar-refractivity contribution in [3.63, 3.8) is 0 Å². The Hall–Kier alpha value is -3.22. The predicted molar refractivity (Wildman–Crippen MR) is 117 cm³/mol. The maximum Gasteiger partial charge on any atom is 0.339 e. The van der Waals surface area contributed by atoms with E-state index < -0.39 is 111 Å². The van der Waals surface area contributed by atoms with Crippen LogP contribution >= 0.6 is 0 Å². The van der Waals surface area contributed by atoms with Crippen molar-refractivity contribution in [3.05, 3.63) is 45.0 Å². The summed E-state index contributed by atoms with van der Waals surface area (Å²) in [5.74, 6) is -8.24. The average molecular weight is 519 g/mol. The Morgan fingerprint density at radius 2 is 1.47 bits per heavy atom. The lowest BCUT2D eigenvalue weighted by Crippen LogP contribution is -2.55. The highest BCUT2D eigenvalue weighted by Gasteiger charge is 2.48. The second-order valence-electron chi connectivity index (χ2n) is 8.24. The summed E-state index contributed by atoms with van der Waals surface area (Å²) in [4.78, 5) is 38.1. The molecule has 1 heterocycles. The number of phenolic OH excluding ortho intramolecular Hbond substituents is 3. The van der Waals surface area contributed by atoms with Crippen molar-refractivity contribution in [1.82, 2.24) is 0 Å². The molecule has 1 fully saturated rings. The summed E-state index contributed by atoms with van der Waals surface area (Å²) in [5.41, 5.74) is -4.49. The van der Waals surface area contributed by atoms with Gasteiger partial charge in [-0.15, -0.1) is 0 Å². The number of carbonyl (C=O) groups excluding carboxylic acids is 2. The van der Waals surface area contributed by atoms with E-state index in [1.54, 1.807) is 0 Å². The number of carboxylic acid groups (broad SMARTS) is 1. The van der Waals surface area contributed by atoms with E-state index in [2.05, 4.69) is 0 Å². The van der Waals surface area contributed by atoms with E-state index in [0.717, 1.165) is 6.92 Å². The molecule has 0 spiro atoms. The topological polar surface area (TPSA) is 243 Å². The van der Waals surface area contributed by atoms with Crippen LogP contribution in [0, 0.1) is 6.92 Å². The van der Waals surface area contributed by atoms with Crippen molar-refractivity contribution >= 4 is 34.9 Å². The van der Waals surface area contributed by atoms with E-state index in [1.807, 2.05) is 0 Å². The largest absolute Gasteiger partial charge is 0.507 e. The number of aliphatic hydroxyl groups is 4. The van der Waals surface area contributed by atoms with E-state index in [4.69, 9.17) is 4.74 Å². The maximum absolute atomic E-state index is 13.4. The quantitative estimate of drug-likeness (QED) is 0.108. The molecular formula is C22H20AlO13. The number of carboxylic acids is 1. The number of carbonyl (C=O) groups is 3. The van der Waals surface area contributed by atoms with Crippen molar-refractivity contribution in [2.45, 2.75) is 37.4 Å². The Labute approximate surface area is 212 Å². The van der Waals surface area contributed by atoms with Gasteiger partial charge in [-0.25, -0.2) is 4.79 Å². The molecule has 1 saturated heterocycles. The number of rotatable bonds is 3. The smallest absolute Gasteiger partial charge is 0.339 e. The second kappa shape index (κ2) is 9.34. The number of ketones is 2. The van der Waals surface area contributed by atoms with Gasteiger partial charge in [0, 0.05) is 28.5 Å². The van der Waals surface area contributed by atoms with Gasteiger partial charge in [0.15, 0.2) is 23.1 Å². The maximum atomic E-state index is 13.4. The van der Waals surface area contributed by atoms with Crippen LogP contribution in [-0.4, -0.2) is 112 Å². The molecule has 1 aliphatic carbocycles. The molecule has 3 radical (unpaired) electrons. The SMILES string of the molecule is Cc1c(C(=O)O)c(O)cc2c1C(=O)c1c(O)c([C@H]3O[C@H](CO)[C@@H](O)[C@H](O)[C@H]3O)c(O)c(O)c1C2=O.[Al]. The third kappa shape index (κ3) is 3.63. The lowest BCUT2D eigenvalue weighted by Gasteiger charge is -2.40. The molecule has 14 heteroatoms. The van der Waals surface area contributed by atoms with Crippen molar-refractivity contribution in [1.29, 1.82) is 0 Å². The number of benzene rings is 2. The third-order valence-electron chi connectivity index (χ3n) is 6.33. The number of ether oxygens (including phenoxy) is 1. The highest BCUT2D eigenvalue weighted by Crippen LogP contribution is 2.52. The number of aliphatic hydroxyl groups excluding tert-OH is 4. The fourth-order valence-corrected chi connectivity index (χ4v) is 4.58. The van der Waals surface area contributed by atoms with E-state index in [9.17, 15) is 60.3 Å². The van der Waals surface area contributed by atoms with Crippen LogP contribution < -0.4 is 0 Å². The van der Waals surface area contributed by atoms with Crippen molar-refractivity contribution in [2.75, 3.05) is 6.61 Å². The molecule has 2 aromatic rings. The van der Waals surface area contributed by atoms with E-state index in [0.29, 0.717) is 6.07 Å². The lowest BCUT2D eigenvalue weighted by molar-refractivity contribution is -0.232. The number of phenols is 4. The molecule has 5 atom stereocenters. The van der Waals surface area contributed by atoms with Gasteiger partial charge < -0.3 is 50.7 Å². The third-order valence-corrected chi connectivity index (χ3v) is 6.33. The molecule has 13 nitrogen and oxygen atoms in total. The van der Waals surface area contributed by atoms with Gasteiger partial charge in [-0.1, -0.05) is 0 Å². The predicted octanol–water partition coefficient (Wildman–Crippen LogP) is -1.57. The van der Waals surface area contributed by atoms with Gasteiger partial charge in [0.25, 0.3) is 0 Å². The zero-order valence-electron chi connectivity index (χ0n) is 18.4. The molecule has 2 aliphatic rings. The van der Waals surface area contributed by atoms with Crippen LogP contribution in [0.25, 0.3) is 0 Å². The minimum Gasteiger partial charge on any atom is -0.507 e. The summed E-state index contributed by atoms with van der Waals surface area (Å²) in [6.45, 7) is 0.291. The van der Waals surface area contributed by atoms with Crippen molar-refractivity contribution in [3.8, 4) is 23.0 Å². The minimum atomic E-state index is -2.03. The van der Waals surface area contributed by atoms with Crippen molar-refractivity contribution < 1.29 is 65.1 Å². The monoisotopic (exact) mass is 519 g/mol. The van der Waals surface area contributed by atoms with Crippen LogP contribution in [0.5, 0.6) is 23.0 Å². The van der Waals surface area contributed by atoms with Gasteiger partial charge in [-0.05, 0) is 18.6 Å². The minimum absolute atomic E-state index is 0. The Morgan fingerprint density at radius 3 is 2.03 bits per heavy atom. The molecule has 0 amide bonds. The molecule has 189 valence electrons. The normalized spacial score (nSPS) is 25.1. The number of hydrogen-bond donors (Lipinski definition) is 9. The van der Waals surface area contributed by atoms with Gasteiger partial charge in [-0.2, -0.15) is 0 Å². The number of aromatic hydroxyl groups is 4. The zero-order chi connectivity index (χ0) is 26.1. The summed E-state index contributed by atoms with van der Waals surface area (Å²) in [6.07, 6.45) is -9.12. The fourth-order valence-electron chi connectivity index (χ4n) is 4.58. The van der Waals surface area contributed by atoms with Crippen LogP contribution in [-0.2, 0) is 4.74 Å². The van der Waals surface area contributed by atoms with Gasteiger partial charge in [-0.3, -0.25) is 9.59 Å². The first kappa shape index (κ1) is 27.4. The van der Waals surface area contributed by atoms with Gasteiger partial charge >= 0.3 is 5.97 Å². The Bertz CT molecular complexity index is 1300. The van der Waals surface area contributed by atoms with Crippen LogP contribution in [0.4, 0.5) is 0 Å². The summed E-state index contributed by atoms with van der Waals surface area (Å²) in [7, 11) is 0. The second-order valence-corrected chi connectivity index (χ2v) is 8.24. The Morgan fingerprint density at radius 1 is 0.889 bits per heavy atom. The van der Waals surface area contributed by atoms with Crippen LogP contribution in [0.2, 0.25) is 0 Å². The van der Waals surface area contributed by atoms with Gasteiger partial charge in [0.2, 0.25) is 0 Å². The lowest BCUT2D eigenvalue weighted by atomic mass is 9.77. The molecule has 36 heavy (non-hydrogen) atoms. The standard InChI is InChI=1S/C22H20O13.Al/c1-4-8-5(2-6(24)9(4)22(33)34)13(25)10-11(15(8)27)16(28)12(18(30)17(10)29)21-20(32)19(31)14(26)7(3-23)35-21;/h2,7,14,19-21,23-24,26,28-32H,3H2,1H3,(H,33,34);/t7-,14-,19+,20-,21-;/m1./s1. The summed E-state index contributed by atoms with van der Waals surface area (Å²) >= 11 is 0. The van der Waals surface area contributed by atoms with E-state index in [1.165, 1.54) is 0 Å². The highest BCUT2D eigenvalue weighted by molar-refractivity contribution is 6.31. The molecule has 4 rings (SSSR count). The van der Waals surface area contributed by atoms with Gasteiger partial charge in [0.05, 0.1) is 23.3 Å². The first-order valence-corrected chi connectivity index (χ1v) is 10.2. The molecular weight excluding hydrogens is 499 g/mol. The first-order valence-electron chi connectivity index (χ1n) is 10.2. The Kier molecular flexibility index (Phi) is 7.10. The molecule has 9 N–H and O–H groups in total. The fraction of sp³-hybridized carbons (Fsp3) is 0.318. The first-order chi connectivity index (χ1) is 16.3. The zero-order valence-corrected chi connectivity index (χ0v) is 19.6. The van der Waals surface area contributed by atoms with E-state index in [-0.39, 0.29) is 22.9 Å².